The molecule has 22 heavy (non-hydrogen) atoms. The molecule has 0 aromatic rings. The molecule has 1 heterocycles. The van der Waals surface area contributed by atoms with Crippen molar-refractivity contribution in [1.82, 2.24) is 0 Å². The molecular weight excluding hydrogens is 320 g/mol. The van der Waals surface area contributed by atoms with Gasteiger partial charge in [-0.2, -0.15) is 0 Å². The topological polar surface area (TPSA) is 63.2 Å². The fourth-order valence-corrected chi connectivity index (χ4v) is 3.82. The van der Waals surface area contributed by atoms with Crippen LogP contribution in [0.25, 0.3) is 0 Å². The molecular formula is C14H28O6Si2. The molecule has 0 bridgehead atoms. The third kappa shape index (κ3) is 5.42. The van der Waals surface area contributed by atoms with E-state index in [0.29, 0.717) is 12.4 Å². The monoisotopic (exact) mass is 348 g/mol. The highest BCUT2D eigenvalue weighted by Gasteiger charge is 2.44. The Kier molecular flexibility index (Phi) is 6.25. The number of cyclic esters (lactones) is 1. The molecule has 128 valence electrons. The average Bonchev–Trinajstić information content (AvgIpc) is 2.68. The lowest BCUT2D eigenvalue weighted by molar-refractivity contribution is -0.147. The lowest BCUT2D eigenvalue weighted by atomic mass is 10.2. The summed E-state index contributed by atoms with van der Waals surface area (Å²) in [5.74, 6) is -0.0545. The van der Waals surface area contributed by atoms with Crippen LogP contribution in [0.2, 0.25) is 39.3 Å². The summed E-state index contributed by atoms with van der Waals surface area (Å²) in [6, 6.07) is 0. The Labute approximate surface area is 135 Å². The van der Waals surface area contributed by atoms with Gasteiger partial charge in [0.2, 0.25) is 5.76 Å². The molecule has 2 atom stereocenters. The number of ether oxygens (including phenoxy) is 3. The summed E-state index contributed by atoms with van der Waals surface area (Å²) in [6.45, 7) is 12.9. The number of esters is 1. The lowest BCUT2D eigenvalue weighted by Crippen LogP contribution is -2.45. The minimum atomic E-state index is -1.86. The smallest absolute Gasteiger partial charge is 0.378 e. The van der Waals surface area contributed by atoms with E-state index in [9.17, 15) is 4.79 Å². The molecule has 0 saturated carbocycles. The molecule has 0 aromatic heterocycles. The number of hydrogen-bond acceptors (Lipinski definition) is 6. The van der Waals surface area contributed by atoms with E-state index in [-0.39, 0.29) is 5.76 Å². The lowest BCUT2D eigenvalue weighted by Gasteiger charge is -2.32. The van der Waals surface area contributed by atoms with Gasteiger partial charge < -0.3 is 23.1 Å². The Bertz CT molecular complexity index is 436. The van der Waals surface area contributed by atoms with Gasteiger partial charge in [0.05, 0.1) is 20.8 Å². The first-order valence-corrected chi connectivity index (χ1v) is 14.1. The van der Waals surface area contributed by atoms with E-state index in [1.165, 1.54) is 14.2 Å². The molecule has 0 saturated heterocycles. The van der Waals surface area contributed by atoms with Crippen LogP contribution in [0.5, 0.6) is 0 Å². The number of hydrogen-bond donors (Lipinski definition) is 0. The van der Waals surface area contributed by atoms with E-state index >= 15 is 0 Å². The minimum Gasteiger partial charge on any atom is -0.493 e. The highest BCUT2D eigenvalue weighted by Crippen LogP contribution is 2.29. The fraction of sp³-hybridized carbons (Fsp3) is 0.786. The molecule has 0 spiro atoms. The zero-order valence-corrected chi connectivity index (χ0v) is 16.8. The Hall–Kier alpha value is -0.836. The first-order valence-electron chi connectivity index (χ1n) is 7.33. The molecule has 0 radical (unpaired) electrons. The van der Waals surface area contributed by atoms with Crippen molar-refractivity contribution in [2.45, 2.75) is 51.5 Å². The summed E-state index contributed by atoms with van der Waals surface area (Å²) in [6.07, 6.45) is -1.03. The number of rotatable bonds is 8. The molecule has 0 aliphatic carbocycles. The highest BCUT2D eigenvalue weighted by atomic mass is 28.4. The van der Waals surface area contributed by atoms with Crippen LogP contribution in [0.1, 0.15) is 0 Å². The Morgan fingerprint density at radius 1 is 1.05 bits per heavy atom. The van der Waals surface area contributed by atoms with Crippen molar-refractivity contribution in [3.63, 3.8) is 0 Å². The van der Waals surface area contributed by atoms with Crippen LogP contribution < -0.4 is 0 Å². The summed E-state index contributed by atoms with van der Waals surface area (Å²) >= 11 is 0. The van der Waals surface area contributed by atoms with Crippen molar-refractivity contribution in [3.05, 3.63) is 11.5 Å². The number of carbonyl (C=O) groups excluding carboxylic acids is 1. The van der Waals surface area contributed by atoms with Crippen molar-refractivity contribution in [2.75, 3.05) is 20.8 Å². The predicted octanol–water partition coefficient (Wildman–Crippen LogP) is 2.49. The van der Waals surface area contributed by atoms with Gasteiger partial charge in [0.1, 0.15) is 6.10 Å². The molecule has 0 aromatic carbocycles. The Morgan fingerprint density at radius 2 is 1.64 bits per heavy atom. The van der Waals surface area contributed by atoms with Crippen molar-refractivity contribution >= 4 is 22.6 Å². The van der Waals surface area contributed by atoms with Crippen LogP contribution in [-0.4, -0.2) is 55.6 Å². The number of methoxy groups -OCH3 is 2. The van der Waals surface area contributed by atoms with E-state index in [4.69, 9.17) is 23.1 Å². The van der Waals surface area contributed by atoms with Gasteiger partial charge in [-0.05, 0) is 39.3 Å². The normalized spacial score (nSPS) is 20.9. The van der Waals surface area contributed by atoms with Gasteiger partial charge in [-0.3, -0.25) is 0 Å². The summed E-state index contributed by atoms with van der Waals surface area (Å²) in [5, 5.41) is 0. The SMILES string of the molecule is COC1=C(OC)[C@H]([C@@H](CO[Si](C)(C)C)O[Si](C)(C)C)OC1=O. The van der Waals surface area contributed by atoms with Crippen LogP contribution in [0.15, 0.2) is 11.5 Å². The quantitative estimate of drug-likeness (QED) is 0.496. The largest absolute Gasteiger partial charge is 0.493 e. The first kappa shape index (κ1) is 19.2. The second kappa shape index (κ2) is 7.16. The third-order valence-corrected chi connectivity index (χ3v) is 4.89. The first-order chi connectivity index (χ1) is 9.98. The predicted molar refractivity (Wildman–Crippen MR) is 88.4 cm³/mol. The van der Waals surface area contributed by atoms with Crippen LogP contribution in [-0.2, 0) is 27.9 Å². The van der Waals surface area contributed by atoms with Crippen molar-refractivity contribution < 1.29 is 27.9 Å². The molecule has 0 amide bonds. The van der Waals surface area contributed by atoms with Crippen molar-refractivity contribution in [3.8, 4) is 0 Å². The molecule has 0 N–H and O–H groups in total. The van der Waals surface area contributed by atoms with Crippen molar-refractivity contribution in [1.29, 1.82) is 0 Å². The summed E-state index contributed by atoms with van der Waals surface area (Å²) in [7, 11) is -0.654. The third-order valence-electron chi connectivity index (χ3n) is 2.85. The highest BCUT2D eigenvalue weighted by molar-refractivity contribution is 6.70. The Morgan fingerprint density at radius 3 is 2.05 bits per heavy atom. The standard InChI is InChI=1S/C14H28O6Si2/c1-16-12-11(19-14(15)13(12)17-2)10(20-22(6,7)8)9-18-21(3,4)5/h10-11H,9H2,1-8H3/t10-,11+/m1/s1. The fourth-order valence-electron chi connectivity index (χ4n) is 2.06. The van der Waals surface area contributed by atoms with Gasteiger partial charge in [-0.1, -0.05) is 0 Å². The summed E-state index contributed by atoms with van der Waals surface area (Å²) < 4.78 is 28.0. The molecule has 1 aliphatic rings. The van der Waals surface area contributed by atoms with E-state index in [1.807, 2.05) is 0 Å². The second-order valence-corrected chi connectivity index (χ2v) is 16.1. The Balaban J connectivity index is 3.00. The van der Waals surface area contributed by atoms with Gasteiger partial charge in [-0.15, -0.1) is 0 Å². The van der Waals surface area contributed by atoms with E-state index < -0.39 is 34.8 Å². The number of carbonyl (C=O) groups is 1. The van der Waals surface area contributed by atoms with E-state index in [1.54, 1.807) is 0 Å². The van der Waals surface area contributed by atoms with Gasteiger partial charge in [0.25, 0.3) is 0 Å². The van der Waals surface area contributed by atoms with Crippen LogP contribution in [0.3, 0.4) is 0 Å². The van der Waals surface area contributed by atoms with Gasteiger partial charge in [0.15, 0.2) is 28.5 Å². The van der Waals surface area contributed by atoms with Gasteiger partial charge in [-0.25, -0.2) is 4.79 Å². The van der Waals surface area contributed by atoms with Crippen LogP contribution in [0, 0.1) is 0 Å². The summed E-state index contributed by atoms with van der Waals surface area (Å²) in [5.41, 5.74) is 0. The van der Waals surface area contributed by atoms with Crippen molar-refractivity contribution in [2.24, 2.45) is 0 Å². The molecule has 0 fully saturated rings. The zero-order valence-electron chi connectivity index (χ0n) is 14.8. The van der Waals surface area contributed by atoms with Crippen LogP contribution >= 0.6 is 0 Å². The van der Waals surface area contributed by atoms with Gasteiger partial charge in [0, 0.05) is 0 Å². The maximum Gasteiger partial charge on any atom is 0.378 e. The maximum atomic E-state index is 11.9. The maximum absolute atomic E-state index is 11.9. The van der Waals surface area contributed by atoms with Crippen LogP contribution in [0.4, 0.5) is 0 Å². The zero-order chi connectivity index (χ0) is 17.1. The molecule has 0 unspecified atom stereocenters. The summed E-state index contributed by atoms with van der Waals surface area (Å²) in [4.78, 5) is 11.9. The molecule has 8 heteroatoms. The van der Waals surface area contributed by atoms with E-state index in [2.05, 4.69) is 39.3 Å². The average molecular weight is 349 g/mol. The molecule has 1 aliphatic heterocycles. The molecule has 6 nitrogen and oxygen atoms in total. The second-order valence-electron chi connectivity index (χ2n) is 7.12. The van der Waals surface area contributed by atoms with Gasteiger partial charge >= 0.3 is 5.97 Å². The molecule has 1 rings (SSSR count). The minimum absolute atomic E-state index is 0.102. The van der Waals surface area contributed by atoms with E-state index in [0.717, 1.165) is 0 Å².